The van der Waals surface area contributed by atoms with Crippen LogP contribution >= 0.6 is 11.6 Å². The molecule has 7 heteroatoms. The Bertz CT molecular complexity index is 557. The van der Waals surface area contributed by atoms with Crippen LogP contribution in [0.5, 0.6) is 0 Å². The van der Waals surface area contributed by atoms with Gasteiger partial charge in [-0.05, 0) is 18.4 Å². The maximum absolute atomic E-state index is 12.1. The molecule has 0 saturated heterocycles. The maximum atomic E-state index is 12.1. The quantitative estimate of drug-likeness (QED) is 0.846. The summed E-state index contributed by atoms with van der Waals surface area (Å²) in [6, 6.07) is 1.41. The second-order valence-electron chi connectivity index (χ2n) is 5.09. The fourth-order valence-corrected chi connectivity index (χ4v) is 3.87. The van der Waals surface area contributed by atoms with Crippen LogP contribution in [-0.4, -0.2) is 27.0 Å². The van der Waals surface area contributed by atoms with Crippen LogP contribution in [0.4, 0.5) is 5.82 Å². The number of nitrogens with zero attached hydrogens (tertiary/aromatic N) is 1. The summed E-state index contributed by atoms with van der Waals surface area (Å²) in [4.78, 5) is 4.09. The Morgan fingerprint density at radius 3 is 2.70 bits per heavy atom. The first-order valence-corrected chi connectivity index (χ1v) is 8.72. The SMILES string of the molecule is CNc1ncc(S(=O)(=O)NCCC2CCCC2)cc1Cl. The van der Waals surface area contributed by atoms with Crippen molar-refractivity contribution in [2.75, 3.05) is 18.9 Å². The van der Waals surface area contributed by atoms with Gasteiger partial charge in [-0.25, -0.2) is 18.1 Å². The Labute approximate surface area is 125 Å². The summed E-state index contributed by atoms with van der Waals surface area (Å²) in [5.74, 6) is 1.13. The number of halogens is 1. The van der Waals surface area contributed by atoms with Crippen LogP contribution < -0.4 is 10.0 Å². The molecule has 2 rings (SSSR count). The molecule has 0 unspecified atom stereocenters. The summed E-state index contributed by atoms with van der Waals surface area (Å²) in [5, 5.41) is 3.09. The molecule has 2 N–H and O–H groups in total. The van der Waals surface area contributed by atoms with E-state index in [-0.39, 0.29) is 4.90 Å². The molecule has 0 bridgehead atoms. The van der Waals surface area contributed by atoms with E-state index in [9.17, 15) is 8.42 Å². The van der Waals surface area contributed by atoms with Crippen molar-refractivity contribution >= 4 is 27.4 Å². The van der Waals surface area contributed by atoms with Crippen LogP contribution in [0, 0.1) is 5.92 Å². The van der Waals surface area contributed by atoms with Crippen LogP contribution in [0.3, 0.4) is 0 Å². The van der Waals surface area contributed by atoms with Gasteiger partial charge in [0.1, 0.15) is 10.7 Å². The minimum absolute atomic E-state index is 0.105. The summed E-state index contributed by atoms with van der Waals surface area (Å²) in [6.45, 7) is 0.471. The number of rotatable bonds is 6. The van der Waals surface area contributed by atoms with E-state index in [1.807, 2.05) is 0 Å². The molecule has 112 valence electrons. The van der Waals surface area contributed by atoms with Crippen LogP contribution in [0.15, 0.2) is 17.2 Å². The molecule has 1 saturated carbocycles. The molecular formula is C13H20ClN3O2S. The van der Waals surface area contributed by atoms with Gasteiger partial charge in [-0.3, -0.25) is 0 Å². The van der Waals surface area contributed by atoms with Gasteiger partial charge in [-0.1, -0.05) is 37.3 Å². The largest absolute Gasteiger partial charge is 0.372 e. The fourth-order valence-electron chi connectivity index (χ4n) is 2.53. The summed E-state index contributed by atoms with van der Waals surface area (Å²) < 4.78 is 26.9. The monoisotopic (exact) mass is 317 g/mol. The minimum atomic E-state index is -3.52. The first-order valence-electron chi connectivity index (χ1n) is 6.86. The van der Waals surface area contributed by atoms with Crippen molar-refractivity contribution in [2.24, 2.45) is 5.92 Å². The molecule has 0 spiro atoms. The molecule has 0 amide bonds. The molecule has 1 heterocycles. The zero-order chi connectivity index (χ0) is 14.6. The van der Waals surface area contributed by atoms with E-state index in [0.717, 1.165) is 6.42 Å². The average Bonchev–Trinajstić information content (AvgIpc) is 2.91. The first-order chi connectivity index (χ1) is 9.53. The third-order valence-corrected chi connectivity index (χ3v) is 5.40. The second-order valence-corrected chi connectivity index (χ2v) is 7.26. The van der Waals surface area contributed by atoms with Crippen LogP contribution in [0.25, 0.3) is 0 Å². The molecule has 0 radical (unpaired) electrons. The van der Waals surface area contributed by atoms with E-state index in [2.05, 4.69) is 15.0 Å². The molecular weight excluding hydrogens is 298 g/mol. The highest BCUT2D eigenvalue weighted by Crippen LogP contribution is 2.27. The van der Waals surface area contributed by atoms with Crippen molar-refractivity contribution in [3.05, 3.63) is 17.3 Å². The maximum Gasteiger partial charge on any atom is 0.242 e. The Morgan fingerprint density at radius 1 is 1.40 bits per heavy atom. The zero-order valence-corrected chi connectivity index (χ0v) is 13.1. The predicted molar refractivity (Wildman–Crippen MR) is 80.6 cm³/mol. The molecule has 20 heavy (non-hydrogen) atoms. The second kappa shape index (κ2) is 6.74. The molecule has 1 fully saturated rings. The van der Waals surface area contributed by atoms with Crippen molar-refractivity contribution in [1.29, 1.82) is 0 Å². The van der Waals surface area contributed by atoms with Gasteiger partial charge in [0.05, 0.1) is 5.02 Å². The standard InChI is InChI=1S/C13H20ClN3O2S/c1-15-13-12(14)8-11(9-16-13)20(18,19)17-7-6-10-4-2-3-5-10/h8-10,17H,2-7H2,1H3,(H,15,16). The van der Waals surface area contributed by atoms with Gasteiger partial charge >= 0.3 is 0 Å². The number of aromatic nitrogens is 1. The Kier molecular flexibility index (Phi) is 5.23. The number of nitrogens with one attached hydrogen (secondary N) is 2. The highest BCUT2D eigenvalue weighted by Gasteiger charge is 2.18. The van der Waals surface area contributed by atoms with Gasteiger partial charge in [-0.15, -0.1) is 0 Å². The van der Waals surface area contributed by atoms with E-state index in [1.54, 1.807) is 7.05 Å². The average molecular weight is 318 g/mol. The van der Waals surface area contributed by atoms with Crippen LogP contribution in [-0.2, 0) is 10.0 Å². The van der Waals surface area contributed by atoms with Gasteiger partial charge in [0.15, 0.2) is 0 Å². The number of hydrogen-bond donors (Lipinski definition) is 2. The summed E-state index contributed by atoms with van der Waals surface area (Å²) in [7, 11) is -1.84. The Balaban J connectivity index is 1.96. The highest BCUT2D eigenvalue weighted by molar-refractivity contribution is 7.89. The van der Waals surface area contributed by atoms with Gasteiger partial charge in [-0.2, -0.15) is 0 Å². The van der Waals surface area contributed by atoms with Gasteiger partial charge in [0.2, 0.25) is 10.0 Å². The lowest BCUT2D eigenvalue weighted by Crippen LogP contribution is -2.26. The van der Waals surface area contributed by atoms with Crippen LogP contribution in [0.2, 0.25) is 5.02 Å². The zero-order valence-electron chi connectivity index (χ0n) is 11.5. The first kappa shape index (κ1) is 15.5. The normalized spacial score (nSPS) is 16.5. The van der Waals surface area contributed by atoms with E-state index >= 15 is 0 Å². The molecule has 0 aromatic carbocycles. The van der Waals surface area contributed by atoms with Crippen molar-refractivity contribution < 1.29 is 8.42 Å². The number of pyridine rings is 1. The summed E-state index contributed by atoms with van der Waals surface area (Å²) in [5.41, 5.74) is 0. The molecule has 0 aliphatic heterocycles. The third-order valence-electron chi connectivity index (χ3n) is 3.68. The molecule has 1 aromatic heterocycles. The molecule has 5 nitrogen and oxygen atoms in total. The topological polar surface area (TPSA) is 71.1 Å². The highest BCUT2D eigenvalue weighted by atomic mass is 35.5. The minimum Gasteiger partial charge on any atom is -0.372 e. The fraction of sp³-hybridized carbons (Fsp3) is 0.615. The number of sulfonamides is 1. The number of hydrogen-bond acceptors (Lipinski definition) is 4. The smallest absolute Gasteiger partial charge is 0.242 e. The number of anilines is 1. The predicted octanol–water partition coefficient (Wildman–Crippen LogP) is 2.64. The molecule has 0 atom stereocenters. The van der Waals surface area contributed by atoms with Crippen molar-refractivity contribution in [3.8, 4) is 0 Å². The molecule has 1 aliphatic rings. The summed E-state index contributed by atoms with van der Waals surface area (Å²) in [6.07, 6.45) is 7.17. The van der Waals surface area contributed by atoms with Crippen LogP contribution in [0.1, 0.15) is 32.1 Å². The van der Waals surface area contributed by atoms with Crippen molar-refractivity contribution in [2.45, 2.75) is 37.0 Å². The lowest BCUT2D eigenvalue weighted by Gasteiger charge is -2.11. The van der Waals surface area contributed by atoms with Crippen molar-refractivity contribution in [3.63, 3.8) is 0 Å². The Hall–Kier alpha value is -0.850. The van der Waals surface area contributed by atoms with Crippen molar-refractivity contribution in [1.82, 2.24) is 9.71 Å². The van der Waals surface area contributed by atoms with E-state index < -0.39 is 10.0 Å². The lowest BCUT2D eigenvalue weighted by atomic mass is 10.1. The molecule has 1 aliphatic carbocycles. The summed E-state index contributed by atoms with van der Waals surface area (Å²) >= 11 is 5.96. The molecule has 1 aromatic rings. The van der Waals surface area contributed by atoms with E-state index in [4.69, 9.17) is 11.6 Å². The van der Waals surface area contributed by atoms with Gasteiger partial charge < -0.3 is 5.32 Å². The van der Waals surface area contributed by atoms with E-state index in [0.29, 0.717) is 23.3 Å². The third kappa shape index (κ3) is 3.84. The van der Waals surface area contributed by atoms with Gasteiger partial charge in [0, 0.05) is 19.8 Å². The van der Waals surface area contributed by atoms with Gasteiger partial charge in [0.25, 0.3) is 0 Å². The Morgan fingerprint density at radius 2 is 2.10 bits per heavy atom. The van der Waals surface area contributed by atoms with E-state index in [1.165, 1.54) is 37.9 Å². The lowest BCUT2D eigenvalue weighted by molar-refractivity contribution is 0.495.